The third-order valence-electron chi connectivity index (χ3n) is 2.86. The number of primary amides is 1. The molecule has 0 saturated carbocycles. The van der Waals surface area contributed by atoms with E-state index in [1.807, 2.05) is 0 Å². The van der Waals surface area contributed by atoms with Crippen molar-refractivity contribution >= 4 is 28.2 Å². The van der Waals surface area contributed by atoms with Gasteiger partial charge < -0.3 is 11.1 Å². The monoisotopic (exact) mass is 274 g/mol. The second-order valence-electron chi connectivity index (χ2n) is 4.29. The quantitative estimate of drug-likeness (QED) is 0.474. The molecule has 2 aromatic rings. The van der Waals surface area contributed by atoms with Crippen molar-refractivity contribution in [1.82, 2.24) is 4.98 Å². The van der Waals surface area contributed by atoms with E-state index in [4.69, 9.17) is 5.73 Å². The molecular formula is C13H14N4O3. The van der Waals surface area contributed by atoms with E-state index in [0.717, 1.165) is 5.69 Å². The van der Waals surface area contributed by atoms with Crippen LogP contribution in [0.25, 0.3) is 10.9 Å². The predicted molar refractivity (Wildman–Crippen MR) is 75.3 cm³/mol. The Balaban J connectivity index is 2.24. The van der Waals surface area contributed by atoms with E-state index in [1.54, 1.807) is 18.2 Å². The summed E-state index contributed by atoms with van der Waals surface area (Å²) >= 11 is 0. The zero-order valence-electron chi connectivity index (χ0n) is 10.7. The van der Waals surface area contributed by atoms with Gasteiger partial charge in [-0.15, -0.1) is 0 Å². The third kappa shape index (κ3) is 3.00. The molecule has 0 atom stereocenters. The van der Waals surface area contributed by atoms with E-state index in [2.05, 4.69) is 10.3 Å². The van der Waals surface area contributed by atoms with Crippen LogP contribution in [0.15, 0.2) is 30.5 Å². The highest BCUT2D eigenvalue weighted by Crippen LogP contribution is 2.29. The number of nitro groups is 1. The van der Waals surface area contributed by atoms with Crippen LogP contribution in [-0.4, -0.2) is 22.4 Å². The molecule has 0 spiro atoms. The highest BCUT2D eigenvalue weighted by molar-refractivity contribution is 5.96. The van der Waals surface area contributed by atoms with Gasteiger partial charge in [0.05, 0.1) is 4.92 Å². The number of hydrogen-bond donors (Lipinski definition) is 2. The first-order valence-electron chi connectivity index (χ1n) is 6.14. The summed E-state index contributed by atoms with van der Waals surface area (Å²) in [5.41, 5.74) is 6.14. The Bertz CT molecular complexity index is 657. The van der Waals surface area contributed by atoms with Gasteiger partial charge in [-0.1, -0.05) is 0 Å². The van der Waals surface area contributed by atoms with Crippen LogP contribution in [0.3, 0.4) is 0 Å². The summed E-state index contributed by atoms with van der Waals surface area (Å²) in [5.74, 6) is -0.345. The number of hydrogen-bond acceptors (Lipinski definition) is 5. The molecule has 1 amide bonds. The summed E-state index contributed by atoms with van der Waals surface area (Å²) in [6, 6.07) is 6.56. The molecule has 1 heterocycles. The van der Waals surface area contributed by atoms with Crippen LogP contribution in [0.5, 0.6) is 0 Å². The maximum absolute atomic E-state index is 11.0. The van der Waals surface area contributed by atoms with Crippen molar-refractivity contribution in [3.05, 3.63) is 40.6 Å². The minimum atomic E-state index is -0.452. The summed E-state index contributed by atoms with van der Waals surface area (Å²) in [4.78, 5) is 25.2. The number of aromatic nitrogens is 1. The van der Waals surface area contributed by atoms with Crippen LogP contribution >= 0.6 is 0 Å². The summed E-state index contributed by atoms with van der Waals surface area (Å²) in [7, 11) is 0. The van der Waals surface area contributed by atoms with E-state index >= 15 is 0 Å². The highest BCUT2D eigenvalue weighted by atomic mass is 16.6. The fourth-order valence-corrected chi connectivity index (χ4v) is 1.94. The number of pyridine rings is 1. The Morgan fingerprint density at radius 3 is 2.90 bits per heavy atom. The van der Waals surface area contributed by atoms with Crippen LogP contribution in [0.1, 0.15) is 12.8 Å². The fourth-order valence-electron chi connectivity index (χ4n) is 1.94. The van der Waals surface area contributed by atoms with Crippen molar-refractivity contribution in [2.24, 2.45) is 5.73 Å². The van der Waals surface area contributed by atoms with E-state index < -0.39 is 4.92 Å². The molecule has 3 N–H and O–H groups in total. The number of amides is 1. The number of nitrogens with one attached hydrogen (secondary N) is 1. The first-order chi connectivity index (χ1) is 9.59. The van der Waals surface area contributed by atoms with Gasteiger partial charge in [-0.05, 0) is 24.6 Å². The number of fused-ring (bicyclic) bond motifs is 1. The second-order valence-corrected chi connectivity index (χ2v) is 4.29. The highest BCUT2D eigenvalue weighted by Gasteiger charge is 2.14. The SMILES string of the molecule is NC(=O)CCCNc1ccc([N+](=O)[O-])c2ncccc12. The van der Waals surface area contributed by atoms with E-state index in [1.165, 1.54) is 12.3 Å². The molecule has 7 nitrogen and oxygen atoms in total. The number of carbonyl (C=O) groups is 1. The lowest BCUT2D eigenvalue weighted by molar-refractivity contribution is -0.383. The number of carbonyl (C=O) groups excluding carboxylic acids is 1. The lowest BCUT2D eigenvalue weighted by Gasteiger charge is -2.09. The van der Waals surface area contributed by atoms with E-state index in [-0.39, 0.29) is 11.6 Å². The van der Waals surface area contributed by atoms with Crippen molar-refractivity contribution in [1.29, 1.82) is 0 Å². The Hall–Kier alpha value is -2.70. The molecule has 0 saturated heterocycles. The zero-order chi connectivity index (χ0) is 14.5. The summed E-state index contributed by atoms with van der Waals surface area (Å²) in [5, 5.41) is 14.8. The van der Waals surface area contributed by atoms with Crippen molar-refractivity contribution in [3.63, 3.8) is 0 Å². The molecule has 0 bridgehead atoms. The third-order valence-corrected chi connectivity index (χ3v) is 2.86. The molecule has 0 radical (unpaired) electrons. The molecule has 0 aliphatic heterocycles. The van der Waals surface area contributed by atoms with Gasteiger partial charge in [0.1, 0.15) is 5.52 Å². The molecular weight excluding hydrogens is 260 g/mol. The van der Waals surface area contributed by atoms with E-state index in [9.17, 15) is 14.9 Å². The molecule has 0 aliphatic rings. The van der Waals surface area contributed by atoms with Crippen molar-refractivity contribution in [2.45, 2.75) is 12.8 Å². The second kappa shape index (κ2) is 5.96. The zero-order valence-corrected chi connectivity index (χ0v) is 10.7. The van der Waals surface area contributed by atoms with Gasteiger partial charge in [0, 0.05) is 36.3 Å². The number of nitro benzene ring substituents is 1. The summed E-state index contributed by atoms with van der Waals surface area (Å²) < 4.78 is 0. The molecule has 0 aliphatic carbocycles. The number of benzene rings is 1. The van der Waals surface area contributed by atoms with Crippen LogP contribution in [0.4, 0.5) is 11.4 Å². The number of non-ortho nitro benzene ring substituents is 1. The average molecular weight is 274 g/mol. The minimum Gasteiger partial charge on any atom is -0.384 e. The molecule has 1 aromatic heterocycles. The lowest BCUT2D eigenvalue weighted by Crippen LogP contribution is -2.12. The van der Waals surface area contributed by atoms with Crippen LogP contribution < -0.4 is 11.1 Å². The number of nitrogens with zero attached hydrogens (tertiary/aromatic N) is 2. The van der Waals surface area contributed by atoms with Crippen LogP contribution in [-0.2, 0) is 4.79 Å². The summed E-state index contributed by atoms with van der Waals surface area (Å²) in [6.07, 6.45) is 2.43. The van der Waals surface area contributed by atoms with Gasteiger partial charge >= 0.3 is 0 Å². The normalized spacial score (nSPS) is 10.4. The Morgan fingerprint density at radius 2 is 2.20 bits per heavy atom. The molecule has 0 fully saturated rings. The molecule has 0 unspecified atom stereocenters. The van der Waals surface area contributed by atoms with Gasteiger partial charge in [-0.3, -0.25) is 14.9 Å². The average Bonchev–Trinajstić information content (AvgIpc) is 2.43. The van der Waals surface area contributed by atoms with Crippen molar-refractivity contribution in [3.8, 4) is 0 Å². The molecule has 1 aromatic carbocycles. The first-order valence-corrected chi connectivity index (χ1v) is 6.14. The minimum absolute atomic E-state index is 0.0247. The Kier molecular flexibility index (Phi) is 4.09. The van der Waals surface area contributed by atoms with Crippen LogP contribution in [0, 0.1) is 10.1 Å². The number of anilines is 1. The maximum atomic E-state index is 11.0. The largest absolute Gasteiger partial charge is 0.384 e. The molecule has 20 heavy (non-hydrogen) atoms. The van der Waals surface area contributed by atoms with Crippen molar-refractivity contribution in [2.75, 3.05) is 11.9 Å². The summed E-state index contributed by atoms with van der Waals surface area (Å²) in [6.45, 7) is 0.560. The topological polar surface area (TPSA) is 111 Å². The van der Waals surface area contributed by atoms with Crippen molar-refractivity contribution < 1.29 is 9.72 Å². The molecule has 2 rings (SSSR count). The lowest BCUT2D eigenvalue weighted by atomic mass is 10.1. The van der Waals surface area contributed by atoms with Gasteiger partial charge in [0.25, 0.3) is 5.69 Å². The van der Waals surface area contributed by atoms with Crippen LogP contribution in [0.2, 0.25) is 0 Å². The Labute approximate surface area is 114 Å². The Morgan fingerprint density at radius 1 is 1.40 bits per heavy atom. The smallest absolute Gasteiger partial charge is 0.295 e. The van der Waals surface area contributed by atoms with Gasteiger partial charge in [0.2, 0.25) is 5.91 Å². The molecule has 7 heteroatoms. The van der Waals surface area contributed by atoms with Gasteiger partial charge in [0.15, 0.2) is 0 Å². The van der Waals surface area contributed by atoms with E-state index in [0.29, 0.717) is 30.3 Å². The molecule has 104 valence electrons. The fraction of sp³-hybridized carbons (Fsp3) is 0.231. The maximum Gasteiger partial charge on any atom is 0.295 e. The standard InChI is InChI=1S/C13H14N4O3/c14-12(18)4-2-7-15-10-5-6-11(17(19)20)13-9(10)3-1-8-16-13/h1,3,5-6,8,15H,2,4,7H2,(H2,14,18). The first kappa shape index (κ1) is 13.7. The van der Waals surface area contributed by atoms with Gasteiger partial charge in [-0.2, -0.15) is 0 Å². The number of nitrogens with two attached hydrogens (primary N) is 1. The predicted octanol–water partition coefficient (Wildman–Crippen LogP) is 1.82. The van der Waals surface area contributed by atoms with Gasteiger partial charge in [-0.25, -0.2) is 4.98 Å². The number of rotatable bonds is 6.